The number of aromatic nitrogens is 3. The molecule has 1 N–H and O–H groups in total. The van der Waals surface area contributed by atoms with Crippen molar-refractivity contribution in [1.29, 1.82) is 0 Å². The van der Waals surface area contributed by atoms with Gasteiger partial charge in [-0.3, -0.25) is 0 Å². The summed E-state index contributed by atoms with van der Waals surface area (Å²) in [6, 6.07) is 3.84. The van der Waals surface area contributed by atoms with Gasteiger partial charge in [-0.05, 0) is 19.1 Å². The van der Waals surface area contributed by atoms with Crippen LogP contribution in [0.4, 0.5) is 5.82 Å². The van der Waals surface area contributed by atoms with E-state index in [1.54, 1.807) is 17.5 Å². The number of aryl methyl sites for hydroxylation is 1. The molecule has 14 heavy (non-hydrogen) atoms. The summed E-state index contributed by atoms with van der Waals surface area (Å²) in [4.78, 5) is 4.16. The lowest BCUT2D eigenvalue weighted by molar-refractivity contribution is 0.960. The molecule has 0 saturated carbocycles. The summed E-state index contributed by atoms with van der Waals surface area (Å²) in [5, 5.41) is 14.1. The monoisotopic (exact) mass is 206 g/mol. The van der Waals surface area contributed by atoms with Gasteiger partial charge in [0.15, 0.2) is 0 Å². The molecule has 2 aromatic rings. The number of nitrogens with zero attached hydrogens (tertiary/aromatic N) is 3. The van der Waals surface area contributed by atoms with Crippen molar-refractivity contribution in [3.8, 4) is 0 Å². The highest BCUT2D eigenvalue weighted by molar-refractivity contribution is 7.09. The molecule has 0 radical (unpaired) electrons. The molecule has 2 aromatic heterocycles. The standard InChI is InChI=1S/C9H10N4S/c1-7-2-3-8(13-12-7)11-6-9-10-4-5-14-9/h2-5H,6H2,1H3,(H,11,13). The second kappa shape index (κ2) is 4.15. The summed E-state index contributed by atoms with van der Waals surface area (Å²) in [6.45, 7) is 2.62. The Balaban J connectivity index is 1.95. The minimum absolute atomic E-state index is 0.704. The van der Waals surface area contributed by atoms with Gasteiger partial charge >= 0.3 is 0 Å². The second-order valence-electron chi connectivity index (χ2n) is 2.84. The lowest BCUT2D eigenvalue weighted by Gasteiger charge is -2.01. The largest absolute Gasteiger partial charge is 0.362 e. The summed E-state index contributed by atoms with van der Waals surface area (Å²) < 4.78 is 0. The Kier molecular flexibility index (Phi) is 2.69. The number of nitrogens with one attached hydrogen (secondary N) is 1. The van der Waals surface area contributed by atoms with Gasteiger partial charge in [0.05, 0.1) is 12.2 Å². The van der Waals surface area contributed by atoms with Crippen molar-refractivity contribution in [2.75, 3.05) is 5.32 Å². The van der Waals surface area contributed by atoms with Crippen LogP contribution in [0.2, 0.25) is 0 Å². The van der Waals surface area contributed by atoms with Gasteiger partial charge in [-0.1, -0.05) is 0 Å². The van der Waals surface area contributed by atoms with Crippen LogP contribution in [-0.2, 0) is 6.54 Å². The van der Waals surface area contributed by atoms with Crippen molar-refractivity contribution in [2.24, 2.45) is 0 Å². The zero-order chi connectivity index (χ0) is 9.80. The summed E-state index contributed by atoms with van der Waals surface area (Å²) >= 11 is 1.62. The van der Waals surface area contributed by atoms with Crippen LogP contribution < -0.4 is 5.32 Å². The molecule has 0 aliphatic heterocycles. The minimum atomic E-state index is 0.704. The smallest absolute Gasteiger partial charge is 0.149 e. The van der Waals surface area contributed by atoms with E-state index in [9.17, 15) is 0 Å². The van der Waals surface area contributed by atoms with Crippen LogP contribution in [0.25, 0.3) is 0 Å². The highest BCUT2D eigenvalue weighted by atomic mass is 32.1. The summed E-state index contributed by atoms with van der Waals surface area (Å²) in [5.41, 5.74) is 0.921. The van der Waals surface area contributed by atoms with Gasteiger partial charge < -0.3 is 5.32 Å². The SMILES string of the molecule is Cc1ccc(NCc2nccs2)nn1. The fourth-order valence-corrected chi connectivity index (χ4v) is 1.56. The second-order valence-corrected chi connectivity index (χ2v) is 3.82. The molecule has 72 valence electrons. The fraction of sp³-hybridized carbons (Fsp3) is 0.222. The topological polar surface area (TPSA) is 50.7 Å². The van der Waals surface area contributed by atoms with Crippen LogP contribution in [0.5, 0.6) is 0 Å². The molecular formula is C9H10N4S. The predicted octanol–water partition coefficient (Wildman–Crippen LogP) is 1.85. The maximum atomic E-state index is 4.16. The van der Waals surface area contributed by atoms with Gasteiger partial charge in [-0.2, -0.15) is 5.10 Å². The first-order chi connectivity index (χ1) is 6.84. The number of anilines is 1. The molecule has 2 rings (SSSR count). The predicted molar refractivity (Wildman–Crippen MR) is 56.2 cm³/mol. The third-order valence-electron chi connectivity index (χ3n) is 1.70. The Labute approximate surface area is 86.0 Å². The first-order valence-electron chi connectivity index (χ1n) is 4.27. The van der Waals surface area contributed by atoms with Crippen LogP contribution in [0.15, 0.2) is 23.7 Å². The normalized spacial score (nSPS) is 10.1. The van der Waals surface area contributed by atoms with E-state index in [0.717, 1.165) is 16.5 Å². The summed E-state index contributed by atoms with van der Waals surface area (Å²) in [6.07, 6.45) is 1.79. The first kappa shape index (κ1) is 9.08. The molecule has 0 fully saturated rings. The van der Waals surface area contributed by atoms with Gasteiger partial charge in [0.2, 0.25) is 0 Å². The van der Waals surface area contributed by atoms with E-state index < -0.39 is 0 Å². The van der Waals surface area contributed by atoms with Crippen molar-refractivity contribution in [2.45, 2.75) is 13.5 Å². The molecule has 0 aliphatic rings. The molecule has 2 heterocycles. The lowest BCUT2D eigenvalue weighted by atomic mass is 10.4. The molecule has 0 saturated heterocycles. The maximum absolute atomic E-state index is 4.16. The molecule has 0 amide bonds. The van der Waals surface area contributed by atoms with Gasteiger partial charge in [0, 0.05) is 11.6 Å². The van der Waals surface area contributed by atoms with Gasteiger partial charge in [0.1, 0.15) is 10.8 Å². The molecule has 0 unspecified atom stereocenters. The number of hydrogen-bond donors (Lipinski definition) is 1. The number of rotatable bonds is 3. The van der Waals surface area contributed by atoms with Crippen LogP contribution in [0.3, 0.4) is 0 Å². The highest BCUT2D eigenvalue weighted by Crippen LogP contribution is 2.07. The molecule has 0 aliphatic carbocycles. The summed E-state index contributed by atoms with van der Waals surface area (Å²) in [7, 11) is 0. The molecule has 0 spiro atoms. The van der Waals surface area contributed by atoms with Crippen LogP contribution in [0.1, 0.15) is 10.7 Å². The van der Waals surface area contributed by atoms with E-state index >= 15 is 0 Å². The van der Waals surface area contributed by atoms with Crippen molar-refractivity contribution < 1.29 is 0 Å². The van der Waals surface area contributed by atoms with Crippen LogP contribution >= 0.6 is 11.3 Å². The van der Waals surface area contributed by atoms with E-state index in [4.69, 9.17) is 0 Å². The molecule has 5 heteroatoms. The first-order valence-corrected chi connectivity index (χ1v) is 5.15. The van der Waals surface area contributed by atoms with Crippen LogP contribution in [0, 0.1) is 6.92 Å². The van der Waals surface area contributed by atoms with Crippen molar-refractivity contribution in [1.82, 2.24) is 15.2 Å². The van der Waals surface area contributed by atoms with E-state index in [1.165, 1.54) is 0 Å². The zero-order valence-electron chi connectivity index (χ0n) is 7.77. The Hall–Kier alpha value is -1.49. The molecule has 0 bridgehead atoms. The van der Waals surface area contributed by atoms with E-state index in [1.807, 2.05) is 24.4 Å². The number of thiazole rings is 1. The lowest BCUT2D eigenvalue weighted by Crippen LogP contribution is -2.01. The van der Waals surface area contributed by atoms with Crippen molar-refractivity contribution >= 4 is 17.2 Å². The quantitative estimate of drug-likeness (QED) is 0.832. The molecule has 4 nitrogen and oxygen atoms in total. The van der Waals surface area contributed by atoms with Gasteiger partial charge in [0.25, 0.3) is 0 Å². The van der Waals surface area contributed by atoms with Gasteiger partial charge in [-0.15, -0.1) is 16.4 Å². The number of hydrogen-bond acceptors (Lipinski definition) is 5. The highest BCUT2D eigenvalue weighted by Gasteiger charge is 1.96. The fourth-order valence-electron chi connectivity index (χ4n) is 1.000. The maximum Gasteiger partial charge on any atom is 0.149 e. The zero-order valence-corrected chi connectivity index (χ0v) is 8.58. The minimum Gasteiger partial charge on any atom is -0.362 e. The Morgan fingerprint density at radius 3 is 2.93 bits per heavy atom. The van der Waals surface area contributed by atoms with Crippen LogP contribution in [-0.4, -0.2) is 15.2 Å². The third kappa shape index (κ3) is 2.26. The van der Waals surface area contributed by atoms with Crippen molar-refractivity contribution in [3.63, 3.8) is 0 Å². The van der Waals surface area contributed by atoms with Crippen molar-refractivity contribution in [3.05, 3.63) is 34.4 Å². The third-order valence-corrected chi connectivity index (χ3v) is 2.48. The Morgan fingerprint density at radius 1 is 1.36 bits per heavy atom. The van der Waals surface area contributed by atoms with Gasteiger partial charge in [-0.25, -0.2) is 4.98 Å². The van der Waals surface area contributed by atoms with E-state index in [2.05, 4.69) is 20.5 Å². The molecule has 0 aromatic carbocycles. The Bertz CT molecular complexity index is 382. The molecule has 0 atom stereocenters. The Morgan fingerprint density at radius 2 is 2.29 bits per heavy atom. The molecular weight excluding hydrogens is 196 g/mol. The van der Waals surface area contributed by atoms with E-state index in [0.29, 0.717) is 6.54 Å². The average Bonchev–Trinajstić information content (AvgIpc) is 2.70. The summed E-state index contributed by atoms with van der Waals surface area (Å²) in [5.74, 6) is 0.783. The van der Waals surface area contributed by atoms with E-state index in [-0.39, 0.29) is 0 Å². The average molecular weight is 206 g/mol.